The van der Waals surface area contributed by atoms with Crippen molar-refractivity contribution in [1.29, 1.82) is 0 Å². The van der Waals surface area contributed by atoms with E-state index in [0.717, 1.165) is 68.7 Å². The quantitative estimate of drug-likeness (QED) is 0.793. The lowest BCUT2D eigenvalue weighted by Crippen LogP contribution is -2.38. The third-order valence-corrected chi connectivity index (χ3v) is 6.30. The van der Waals surface area contributed by atoms with Crippen molar-refractivity contribution in [3.05, 3.63) is 59.7 Å². The number of para-hydroxylation sites is 1. The van der Waals surface area contributed by atoms with Gasteiger partial charge in [0, 0.05) is 31.0 Å². The Morgan fingerprint density at radius 3 is 2.47 bits per heavy atom. The Balaban J connectivity index is 1.37. The zero-order valence-corrected chi connectivity index (χ0v) is 17.8. The van der Waals surface area contributed by atoms with E-state index >= 15 is 0 Å². The van der Waals surface area contributed by atoms with Gasteiger partial charge in [0.15, 0.2) is 0 Å². The zero-order chi connectivity index (χ0) is 20.9. The monoisotopic (exact) mass is 405 g/mol. The number of carbonyl (C=O) groups excluding carboxylic acids is 2. The summed E-state index contributed by atoms with van der Waals surface area (Å²) in [4.78, 5) is 29.3. The van der Waals surface area contributed by atoms with Crippen molar-refractivity contribution in [3.63, 3.8) is 0 Å². The van der Waals surface area contributed by atoms with Crippen molar-refractivity contribution in [2.45, 2.75) is 45.4 Å². The minimum absolute atomic E-state index is 0.101. The number of anilines is 2. The van der Waals surface area contributed by atoms with Crippen molar-refractivity contribution < 1.29 is 9.59 Å². The van der Waals surface area contributed by atoms with E-state index in [1.165, 1.54) is 5.56 Å². The van der Waals surface area contributed by atoms with Gasteiger partial charge in [0.1, 0.15) is 0 Å². The molecule has 5 heteroatoms. The maximum Gasteiger partial charge on any atom is 0.326 e. The number of likely N-dealkylation sites (tertiary alicyclic amines) is 1. The standard InChI is InChI=1S/C25H31N3O2/c1-19-13-16-27(17-14-19)24(29)18-20-9-11-22(12-10-20)26-25(30)28-15-5-4-7-21-6-2-3-8-23(21)28/h2-3,6,8-12,19H,4-5,7,13-18H2,1H3,(H,26,30). The fourth-order valence-corrected chi connectivity index (χ4v) is 4.34. The Kier molecular flexibility index (Phi) is 6.36. The molecule has 4 rings (SSSR count). The summed E-state index contributed by atoms with van der Waals surface area (Å²) in [6, 6.07) is 15.7. The number of rotatable bonds is 3. The van der Waals surface area contributed by atoms with Crippen LogP contribution in [-0.2, 0) is 17.6 Å². The molecule has 0 spiro atoms. The van der Waals surface area contributed by atoms with Crippen LogP contribution in [0, 0.1) is 5.92 Å². The summed E-state index contributed by atoms with van der Waals surface area (Å²) in [7, 11) is 0. The van der Waals surface area contributed by atoms with Gasteiger partial charge in [-0.3, -0.25) is 9.69 Å². The SMILES string of the molecule is CC1CCN(C(=O)Cc2ccc(NC(=O)N3CCCCc4ccccc43)cc2)CC1. The lowest BCUT2D eigenvalue weighted by atomic mass is 9.98. The van der Waals surface area contributed by atoms with Crippen LogP contribution in [0.3, 0.4) is 0 Å². The zero-order valence-electron chi connectivity index (χ0n) is 17.8. The molecule has 0 atom stereocenters. The summed E-state index contributed by atoms with van der Waals surface area (Å²) in [5.74, 6) is 0.910. The molecule has 0 aliphatic carbocycles. The molecule has 0 saturated carbocycles. The van der Waals surface area contributed by atoms with Gasteiger partial charge < -0.3 is 10.2 Å². The average Bonchev–Trinajstić information content (AvgIpc) is 2.98. The van der Waals surface area contributed by atoms with E-state index in [0.29, 0.717) is 12.3 Å². The highest BCUT2D eigenvalue weighted by Crippen LogP contribution is 2.27. The van der Waals surface area contributed by atoms with Gasteiger partial charge in [-0.05, 0) is 67.3 Å². The first-order valence-corrected chi connectivity index (χ1v) is 11.1. The summed E-state index contributed by atoms with van der Waals surface area (Å²) in [6.45, 7) is 4.71. The maximum absolute atomic E-state index is 12.9. The van der Waals surface area contributed by atoms with Crippen molar-refractivity contribution >= 4 is 23.3 Å². The van der Waals surface area contributed by atoms with Crippen LogP contribution in [-0.4, -0.2) is 36.5 Å². The van der Waals surface area contributed by atoms with Crippen LogP contribution in [0.25, 0.3) is 0 Å². The van der Waals surface area contributed by atoms with Crippen molar-refractivity contribution in [2.75, 3.05) is 29.9 Å². The number of amides is 3. The molecule has 0 aromatic heterocycles. The lowest BCUT2D eigenvalue weighted by Gasteiger charge is -2.30. The van der Waals surface area contributed by atoms with Crippen LogP contribution in [0.5, 0.6) is 0 Å². The molecule has 3 amide bonds. The van der Waals surface area contributed by atoms with E-state index in [1.807, 2.05) is 52.3 Å². The van der Waals surface area contributed by atoms with Gasteiger partial charge >= 0.3 is 6.03 Å². The number of hydrogen-bond acceptors (Lipinski definition) is 2. The normalized spacial score (nSPS) is 17.2. The van der Waals surface area contributed by atoms with E-state index in [-0.39, 0.29) is 11.9 Å². The second-order valence-electron chi connectivity index (χ2n) is 8.60. The summed E-state index contributed by atoms with van der Waals surface area (Å²) in [5.41, 5.74) is 3.97. The number of benzene rings is 2. The molecule has 2 aromatic rings. The Morgan fingerprint density at radius 1 is 0.967 bits per heavy atom. The number of carbonyl (C=O) groups is 2. The molecule has 1 fully saturated rings. The molecular weight excluding hydrogens is 374 g/mol. The van der Waals surface area contributed by atoms with E-state index in [2.05, 4.69) is 18.3 Å². The Hall–Kier alpha value is -2.82. The highest BCUT2D eigenvalue weighted by Gasteiger charge is 2.22. The third kappa shape index (κ3) is 4.84. The summed E-state index contributed by atoms with van der Waals surface area (Å²) in [6.07, 6.45) is 5.71. The number of urea groups is 1. The fraction of sp³-hybridized carbons (Fsp3) is 0.440. The van der Waals surface area contributed by atoms with Crippen LogP contribution in [0.15, 0.2) is 48.5 Å². The van der Waals surface area contributed by atoms with Gasteiger partial charge in [-0.15, -0.1) is 0 Å². The van der Waals surface area contributed by atoms with Crippen molar-refractivity contribution in [2.24, 2.45) is 5.92 Å². The number of nitrogens with one attached hydrogen (secondary N) is 1. The van der Waals surface area contributed by atoms with Crippen LogP contribution in [0.2, 0.25) is 0 Å². The molecule has 2 heterocycles. The van der Waals surface area contributed by atoms with Crippen molar-refractivity contribution in [3.8, 4) is 0 Å². The maximum atomic E-state index is 12.9. The van der Waals surface area contributed by atoms with Gasteiger partial charge in [-0.25, -0.2) is 4.79 Å². The molecule has 0 radical (unpaired) electrons. The Morgan fingerprint density at radius 2 is 1.70 bits per heavy atom. The summed E-state index contributed by atoms with van der Waals surface area (Å²) < 4.78 is 0. The second kappa shape index (κ2) is 9.33. The first-order chi connectivity index (χ1) is 14.6. The van der Waals surface area contributed by atoms with Crippen molar-refractivity contribution in [1.82, 2.24) is 4.90 Å². The van der Waals surface area contributed by atoms with E-state index in [9.17, 15) is 9.59 Å². The lowest BCUT2D eigenvalue weighted by molar-refractivity contribution is -0.131. The summed E-state index contributed by atoms with van der Waals surface area (Å²) >= 11 is 0. The topological polar surface area (TPSA) is 52.7 Å². The van der Waals surface area contributed by atoms with Crippen LogP contribution in [0.1, 0.15) is 43.7 Å². The first-order valence-electron chi connectivity index (χ1n) is 11.1. The largest absolute Gasteiger partial charge is 0.342 e. The highest BCUT2D eigenvalue weighted by molar-refractivity contribution is 6.02. The molecule has 1 saturated heterocycles. The number of hydrogen-bond donors (Lipinski definition) is 1. The molecule has 5 nitrogen and oxygen atoms in total. The van der Waals surface area contributed by atoms with E-state index in [4.69, 9.17) is 0 Å². The van der Waals surface area contributed by atoms with E-state index < -0.39 is 0 Å². The number of nitrogens with zero attached hydrogens (tertiary/aromatic N) is 2. The van der Waals surface area contributed by atoms with Gasteiger partial charge in [-0.1, -0.05) is 37.3 Å². The summed E-state index contributed by atoms with van der Waals surface area (Å²) in [5, 5.41) is 3.02. The average molecular weight is 406 g/mol. The second-order valence-corrected chi connectivity index (χ2v) is 8.60. The Bertz CT molecular complexity index is 886. The van der Waals surface area contributed by atoms with Gasteiger partial charge in [0.25, 0.3) is 0 Å². The smallest absolute Gasteiger partial charge is 0.326 e. The Labute approximate surface area is 179 Å². The molecule has 2 aliphatic rings. The highest BCUT2D eigenvalue weighted by atomic mass is 16.2. The molecule has 2 aromatic carbocycles. The molecule has 1 N–H and O–H groups in total. The number of fused-ring (bicyclic) bond motifs is 1. The van der Waals surface area contributed by atoms with Gasteiger partial charge in [0.05, 0.1) is 6.42 Å². The fourth-order valence-electron chi connectivity index (χ4n) is 4.34. The molecular formula is C25H31N3O2. The van der Waals surface area contributed by atoms with Crippen LogP contribution in [0.4, 0.5) is 16.2 Å². The molecule has 0 bridgehead atoms. The minimum atomic E-state index is -0.101. The molecule has 2 aliphatic heterocycles. The number of aryl methyl sites for hydroxylation is 1. The molecule has 158 valence electrons. The first kappa shape index (κ1) is 20.5. The van der Waals surface area contributed by atoms with Crippen LogP contribution >= 0.6 is 0 Å². The van der Waals surface area contributed by atoms with Crippen LogP contribution < -0.4 is 10.2 Å². The third-order valence-electron chi connectivity index (χ3n) is 6.30. The predicted molar refractivity (Wildman–Crippen MR) is 121 cm³/mol. The molecule has 30 heavy (non-hydrogen) atoms. The minimum Gasteiger partial charge on any atom is -0.342 e. The van der Waals surface area contributed by atoms with E-state index in [1.54, 1.807) is 0 Å². The molecule has 0 unspecified atom stereocenters. The number of piperidine rings is 1. The predicted octanol–water partition coefficient (Wildman–Crippen LogP) is 4.86. The van der Waals surface area contributed by atoms with Gasteiger partial charge in [0.2, 0.25) is 5.91 Å². The van der Waals surface area contributed by atoms with Gasteiger partial charge in [-0.2, -0.15) is 0 Å².